The molecular weight excluding hydrogens is 774 g/mol. The van der Waals surface area contributed by atoms with Gasteiger partial charge in [-0.25, -0.2) is 9.97 Å². The van der Waals surface area contributed by atoms with Gasteiger partial charge < -0.3 is 9.84 Å². The molecule has 184 valence electrons. The second-order valence-corrected chi connectivity index (χ2v) is 9.76. The molecule has 2 radical (unpaired) electrons. The Morgan fingerprint density at radius 1 is 0.829 bits per heavy atom. The summed E-state index contributed by atoms with van der Waals surface area (Å²) in [5.74, 6) is 0.713. The van der Waals surface area contributed by atoms with Gasteiger partial charge in [0, 0.05) is 66.4 Å². The number of fused-ring (bicyclic) bond motifs is 2. The monoisotopic (exact) mass is 797 g/mol. The van der Waals surface area contributed by atoms with Crippen LogP contribution in [-0.2, 0) is 0 Å². The van der Waals surface area contributed by atoms with E-state index in [4.69, 9.17) is 64.1 Å². The average molecular weight is 800 g/mol. The van der Waals surface area contributed by atoms with Crippen molar-refractivity contribution in [2.24, 2.45) is 0 Å². The van der Waals surface area contributed by atoms with Crippen LogP contribution in [0, 0.1) is 31.1 Å². The van der Waals surface area contributed by atoms with Crippen LogP contribution in [0.25, 0.3) is 21.5 Å². The number of alkyl halides is 1. The molecule has 0 amide bonds. The number of ether oxygens (including phenoxy) is 1. The van der Waals surface area contributed by atoms with E-state index in [9.17, 15) is 5.11 Å². The molecule has 0 atom stereocenters. The Balaban J connectivity index is 0.000000554. The van der Waals surface area contributed by atoms with Crippen molar-refractivity contribution in [3.63, 3.8) is 0 Å². The van der Waals surface area contributed by atoms with E-state index >= 15 is 0 Å². The van der Waals surface area contributed by atoms with Gasteiger partial charge in [0.25, 0.3) is 0 Å². The van der Waals surface area contributed by atoms with Crippen molar-refractivity contribution in [3.05, 3.63) is 69.1 Å². The van der Waals surface area contributed by atoms with Gasteiger partial charge in [-0.05, 0) is 41.2 Å². The molecule has 0 aliphatic heterocycles. The Hall–Kier alpha value is -0.573. The molecule has 0 saturated heterocycles. The van der Waals surface area contributed by atoms with Crippen LogP contribution in [0.1, 0.15) is 27.7 Å². The maximum atomic E-state index is 9.47. The van der Waals surface area contributed by atoms with Crippen molar-refractivity contribution >= 4 is 87.9 Å². The van der Waals surface area contributed by atoms with Crippen LogP contribution in [0.3, 0.4) is 0 Å². The molecule has 4 aromatic rings. The van der Waals surface area contributed by atoms with Crippen molar-refractivity contribution in [1.82, 2.24) is 9.97 Å². The number of aromatic nitrogens is 2. The van der Waals surface area contributed by atoms with Crippen LogP contribution in [0.4, 0.5) is 0 Å². The number of halogens is 5. The van der Waals surface area contributed by atoms with E-state index in [0.29, 0.717) is 42.3 Å². The minimum Gasteiger partial charge on any atom is -0.506 e. The Labute approximate surface area is 257 Å². The molecule has 0 aliphatic rings. The number of hydrogen-bond donors (Lipinski definition) is 1. The first-order valence-electron chi connectivity index (χ1n) is 10.6. The molecule has 0 saturated carbocycles. The molecule has 35 heavy (non-hydrogen) atoms. The number of benzene rings is 2. The zero-order chi connectivity index (χ0) is 26.7. The Morgan fingerprint density at radius 2 is 1.26 bits per heavy atom. The third-order valence-corrected chi connectivity index (χ3v) is 5.16. The van der Waals surface area contributed by atoms with E-state index in [1.165, 1.54) is 6.20 Å². The van der Waals surface area contributed by atoms with Crippen molar-refractivity contribution in [2.45, 2.75) is 39.2 Å². The molecule has 0 unspecified atom stereocenters. The summed E-state index contributed by atoms with van der Waals surface area (Å²) in [6.07, 6.45) is 2.97. The van der Waals surface area contributed by atoms with Gasteiger partial charge in [-0.2, -0.15) is 0 Å². The fraction of sp³-hybridized carbons (Fsp3) is 0.250. The summed E-state index contributed by atoms with van der Waals surface area (Å²) < 4.78 is 10.9. The zero-order valence-electron chi connectivity index (χ0n) is 20.5. The molecule has 2 heterocycles. The maximum Gasteiger partial charge on any atom is 0.147 e. The third kappa shape index (κ3) is 10.0. The van der Waals surface area contributed by atoms with Gasteiger partial charge in [0.15, 0.2) is 0 Å². The Kier molecular flexibility index (Phi) is 15.1. The SMILES string of the molecule is CC(C)Cl.CC(C)Oc1cnc(Cl)c2cccc(Cl)c12.Oc1cnc(Cl)c2cccc(Cl)c12.[2H][B].[U]. The Bertz CT molecular complexity index is 1240. The molecule has 4 nitrogen and oxygen atoms in total. The number of nitrogens with zero attached hydrogens (tertiary/aromatic N) is 2. The van der Waals surface area contributed by atoms with Gasteiger partial charge in [-0.15, -0.1) is 11.6 Å². The van der Waals surface area contributed by atoms with Crippen molar-refractivity contribution in [1.29, 1.82) is 1.34 Å². The van der Waals surface area contributed by atoms with Crippen LogP contribution in [0.5, 0.6) is 11.5 Å². The Morgan fingerprint density at radius 3 is 1.71 bits per heavy atom. The van der Waals surface area contributed by atoms with Gasteiger partial charge in [-0.3, -0.25) is 0 Å². The van der Waals surface area contributed by atoms with Crippen LogP contribution in [-0.4, -0.2) is 36.3 Å². The van der Waals surface area contributed by atoms with Crippen molar-refractivity contribution < 1.29 is 41.0 Å². The summed E-state index contributed by atoms with van der Waals surface area (Å²) in [4.78, 5) is 7.89. The smallest absolute Gasteiger partial charge is 0.147 e. The first-order valence-corrected chi connectivity index (χ1v) is 11.9. The summed E-state index contributed by atoms with van der Waals surface area (Å²) in [6, 6.07) is 10.8. The molecule has 1 N–H and O–H groups in total. The van der Waals surface area contributed by atoms with E-state index in [1.54, 1.807) is 24.4 Å². The minimum absolute atomic E-state index is 0. The van der Waals surface area contributed by atoms with E-state index in [1.807, 2.05) is 45.9 Å². The molecule has 11 heteroatoms. The van der Waals surface area contributed by atoms with Crippen LogP contribution >= 0.6 is 58.0 Å². The van der Waals surface area contributed by atoms with Crippen molar-refractivity contribution in [3.8, 4) is 11.5 Å². The van der Waals surface area contributed by atoms with Gasteiger partial charge >= 0.3 is 0 Å². The molecule has 0 spiro atoms. The molecule has 0 fully saturated rings. The van der Waals surface area contributed by atoms with Gasteiger partial charge in [0.2, 0.25) is 0 Å². The standard InChI is InChI=1S/C12H11Cl2NO.C9H5Cl2NO.C3H7Cl.BH.U/c1-7(2)16-10-6-15-12(14)8-4-3-5-9(13)11(8)10;10-6-3-1-2-5-8(6)7(13)4-12-9(5)11;1-3(2)4;;/h3-7H,1-2H3;1-4,13H;3H,1-2H3;1H;/i;;;1D;. The number of hydrogen-bond acceptors (Lipinski definition) is 4. The predicted molar refractivity (Wildman–Crippen MR) is 149 cm³/mol. The van der Waals surface area contributed by atoms with Crippen LogP contribution < -0.4 is 4.74 Å². The largest absolute Gasteiger partial charge is 0.506 e. The molecule has 2 aromatic carbocycles. The fourth-order valence-corrected chi connectivity index (χ4v) is 3.70. The zero-order valence-corrected chi connectivity index (χ0v) is 27.4. The fourth-order valence-electron chi connectivity index (χ4n) is 2.75. The van der Waals surface area contributed by atoms with E-state index in [0.717, 1.165) is 10.8 Å². The summed E-state index contributed by atoms with van der Waals surface area (Å²) in [6.45, 7) is 7.78. The second kappa shape index (κ2) is 16.3. The maximum absolute atomic E-state index is 9.47. The summed E-state index contributed by atoms with van der Waals surface area (Å²) in [7, 11) is 3.75. The van der Waals surface area contributed by atoms with Gasteiger partial charge in [0.05, 0.1) is 28.5 Å². The minimum atomic E-state index is 0. The third-order valence-electron chi connectivity index (χ3n) is 3.93. The van der Waals surface area contributed by atoms with E-state index in [2.05, 4.69) is 18.3 Å². The van der Waals surface area contributed by atoms with Gasteiger partial charge in [0.1, 0.15) is 21.8 Å². The first kappa shape index (κ1) is 32.5. The van der Waals surface area contributed by atoms with Gasteiger partial charge in [-0.1, -0.05) is 70.7 Å². The second-order valence-electron chi connectivity index (χ2n) is 7.35. The van der Waals surface area contributed by atoms with Crippen LogP contribution in [0.15, 0.2) is 48.8 Å². The van der Waals surface area contributed by atoms with Crippen molar-refractivity contribution in [2.75, 3.05) is 0 Å². The summed E-state index contributed by atoms with van der Waals surface area (Å²) >= 11 is 29.1. The molecule has 4 rings (SSSR count). The number of rotatable bonds is 2. The van der Waals surface area contributed by atoms with Crippen LogP contribution in [0.2, 0.25) is 20.4 Å². The molecular formula is C24H24BCl5N2O2U. The average Bonchev–Trinajstić information content (AvgIpc) is 2.80. The molecule has 2 aromatic heterocycles. The van der Waals surface area contributed by atoms with E-state index in [-0.39, 0.29) is 43.0 Å². The normalized spacial score (nSPS) is 10.2. The quantitative estimate of drug-likeness (QED) is 0.126. The first-order chi connectivity index (χ1) is 16.5. The molecule has 0 bridgehead atoms. The summed E-state index contributed by atoms with van der Waals surface area (Å²) in [5, 5.41) is 14.5. The number of aromatic hydroxyl groups is 1. The predicted octanol–water partition coefficient (Wildman–Crippen LogP) is 8.56. The molecule has 0 aliphatic carbocycles. The number of pyridine rings is 2. The van der Waals surface area contributed by atoms with E-state index < -0.39 is 0 Å². The topological polar surface area (TPSA) is 55.2 Å². The summed E-state index contributed by atoms with van der Waals surface area (Å²) in [5.41, 5.74) is 0.